The molecule has 0 aliphatic carbocycles. The Hall–Kier alpha value is -1.59. The van der Waals surface area contributed by atoms with Crippen LogP contribution in [-0.4, -0.2) is 43.5 Å². The number of fused-ring (bicyclic) bond motifs is 1. The molecule has 1 aliphatic rings. The van der Waals surface area contributed by atoms with E-state index in [2.05, 4.69) is 5.32 Å². The molecule has 5 heteroatoms. The van der Waals surface area contributed by atoms with E-state index in [1.807, 2.05) is 24.3 Å². The van der Waals surface area contributed by atoms with Crippen LogP contribution in [0.5, 0.6) is 5.75 Å². The van der Waals surface area contributed by atoms with Gasteiger partial charge in [-0.05, 0) is 13.0 Å². The highest BCUT2D eigenvalue weighted by atomic mass is 16.5. The Morgan fingerprint density at radius 3 is 3.05 bits per heavy atom. The molecule has 2 rings (SSSR count). The fourth-order valence-electron chi connectivity index (χ4n) is 2.19. The SMILES string of the molecule is COCCC(C)(O)CNC(=O)C1COc2ccccc21. The van der Waals surface area contributed by atoms with E-state index in [1.165, 1.54) is 0 Å². The maximum atomic E-state index is 12.2. The third-order valence-electron chi connectivity index (χ3n) is 3.50. The maximum absolute atomic E-state index is 12.2. The van der Waals surface area contributed by atoms with Gasteiger partial charge in [0, 0.05) is 32.2 Å². The zero-order chi connectivity index (χ0) is 14.6. The number of carbonyl (C=O) groups is 1. The molecular formula is C15H21NO4. The Morgan fingerprint density at radius 2 is 2.30 bits per heavy atom. The van der Waals surface area contributed by atoms with E-state index in [0.717, 1.165) is 11.3 Å². The van der Waals surface area contributed by atoms with Gasteiger partial charge < -0.3 is 19.9 Å². The van der Waals surface area contributed by atoms with Gasteiger partial charge in [-0.25, -0.2) is 0 Å². The molecule has 1 aliphatic heterocycles. The van der Waals surface area contributed by atoms with Crippen LogP contribution in [0, 0.1) is 0 Å². The molecule has 1 aromatic carbocycles. The highest BCUT2D eigenvalue weighted by molar-refractivity contribution is 5.85. The van der Waals surface area contributed by atoms with Gasteiger partial charge in [0.2, 0.25) is 5.91 Å². The minimum atomic E-state index is -0.968. The number of aliphatic hydroxyl groups is 1. The van der Waals surface area contributed by atoms with Crippen LogP contribution in [0.4, 0.5) is 0 Å². The van der Waals surface area contributed by atoms with Crippen LogP contribution in [0.3, 0.4) is 0 Å². The first kappa shape index (κ1) is 14.8. The molecule has 0 bridgehead atoms. The smallest absolute Gasteiger partial charge is 0.231 e. The molecule has 2 unspecified atom stereocenters. The molecule has 0 saturated carbocycles. The minimum absolute atomic E-state index is 0.118. The number of nitrogens with one attached hydrogen (secondary N) is 1. The summed E-state index contributed by atoms with van der Waals surface area (Å²) in [6, 6.07) is 7.53. The third-order valence-corrected chi connectivity index (χ3v) is 3.50. The molecule has 1 aromatic rings. The molecule has 2 N–H and O–H groups in total. The second-order valence-corrected chi connectivity index (χ2v) is 5.36. The molecule has 0 aromatic heterocycles. The highest BCUT2D eigenvalue weighted by Crippen LogP contribution is 2.33. The largest absolute Gasteiger partial charge is 0.492 e. The summed E-state index contributed by atoms with van der Waals surface area (Å²) >= 11 is 0. The monoisotopic (exact) mass is 279 g/mol. The minimum Gasteiger partial charge on any atom is -0.492 e. The van der Waals surface area contributed by atoms with Crippen molar-refractivity contribution in [1.82, 2.24) is 5.32 Å². The molecular weight excluding hydrogens is 258 g/mol. The van der Waals surface area contributed by atoms with E-state index in [9.17, 15) is 9.90 Å². The number of ether oxygens (including phenoxy) is 2. The van der Waals surface area contributed by atoms with Crippen molar-refractivity contribution in [3.8, 4) is 5.75 Å². The van der Waals surface area contributed by atoms with E-state index in [4.69, 9.17) is 9.47 Å². The summed E-state index contributed by atoms with van der Waals surface area (Å²) in [7, 11) is 1.58. The molecule has 0 saturated heterocycles. The van der Waals surface area contributed by atoms with E-state index in [-0.39, 0.29) is 18.4 Å². The lowest BCUT2D eigenvalue weighted by Crippen LogP contribution is -2.43. The van der Waals surface area contributed by atoms with E-state index >= 15 is 0 Å². The lowest BCUT2D eigenvalue weighted by atomic mass is 9.99. The summed E-state index contributed by atoms with van der Waals surface area (Å²) in [4.78, 5) is 12.2. The third kappa shape index (κ3) is 3.49. The first-order valence-electron chi connectivity index (χ1n) is 6.74. The van der Waals surface area contributed by atoms with Crippen LogP contribution in [-0.2, 0) is 9.53 Å². The Morgan fingerprint density at radius 1 is 1.55 bits per heavy atom. The van der Waals surface area contributed by atoms with Crippen molar-refractivity contribution in [3.05, 3.63) is 29.8 Å². The second-order valence-electron chi connectivity index (χ2n) is 5.36. The van der Waals surface area contributed by atoms with Gasteiger partial charge in [-0.15, -0.1) is 0 Å². The van der Waals surface area contributed by atoms with Crippen LogP contribution in [0.15, 0.2) is 24.3 Å². The Bertz CT molecular complexity index is 473. The Balaban J connectivity index is 1.90. The van der Waals surface area contributed by atoms with Crippen molar-refractivity contribution in [2.24, 2.45) is 0 Å². The summed E-state index contributed by atoms with van der Waals surface area (Å²) in [5.41, 5.74) is -0.0634. The molecule has 0 fully saturated rings. The molecule has 1 amide bonds. The molecule has 5 nitrogen and oxygen atoms in total. The fourth-order valence-corrected chi connectivity index (χ4v) is 2.19. The van der Waals surface area contributed by atoms with E-state index in [0.29, 0.717) is 19.6 Å². The van der Waals surface area contributed by atoms with Gasteiger partial charge in [0.15, 0.2) is 0 Å². The predicted octanol–water partition coefficient (Wildman–Crippen LogP) is 1.07. The summed E-state index contributed by atoms with van der Waals surface area (Å²) < 4.78 is 10.4. The number of para-hydroxylation sites is 1. The number of rotatable bonds is 6. The summed E-state index contributed by atoms with van der Waals surface area (Å²) in [5.74, 6) is 0.343. The Labute approximate surface area is 118 Å². The summed E-state index contributed by atoms with van der Waals surface area (Å²) in [5, 5.41) is 12.9. The first-order chi connectivity index (χ1) is 9.53. The molecule has 0 spiro atoms. The van der Waals surface area contributed by atoms with Gasteiger partial charge in [0.05, 0.1) is 5.60 Å². The lowest BCUT2D eigenvalue weighted by molar-refractivity contribution is -0.124. The average molecular weight is 279 g/mol. The summed E-state index contributed by atoms with van der Waals surface area (Å²) in [6.45, 7) is 2.70. The topological polar surface area (TPSA) is 67.8 Å². The highest BCUT2D eigenvalue weighted by Gasteiger charge is 2.31. The normalized spacial score (nSPS) is 19.9. The molecule has 1 heterocycles. The number of benzene rings is 1. The van der Waals surface area contributed by atoms with Gasteiger partial charge >= 0.3 is 0 Å². The Kier molecular flexibility index (Phi) is 4.62. The zero-order valence-electron chi connectivity index (χ0n) is 11.9. The lowest BCUT2D eigenvalue weighted by Gasteiger charge is -2.24. The quantitative estimate of drug-likeness (QED) is 0.817. The number of hydrogen-bond acceptors (Lipinski definition) is 4. The fraction of sp³-hybridized carbons (Fsp3) is 0.533. The number of carbonyl (C=O) groups excluding carboxylic acids is 1. The van der Waals surface area contributed by atoms with Crippen LogP contribution < -0.4 is 10.1 Å². The van der Waals surface area contributed by atoms with Crippen molar-refractivity contribution in [2.45, 2.75) is 24.9 Å². The van der Waals surface area contributed by atoms with Crippen molar-refractivity contribution in [2.75, 3.05) is 26.9 Å². The standard InChI is InChI=1S/C15H21NO4/c1-15(18,7-8-19-2)10-16-14(17)12-9-20-13-6-4-3-5-11(12)13/h3-6,12,18H,7-10H2,1-2H3,(H,16,17). The summed E-state index contributed by atoms with van der Waals surface area (Å²) in [6.07, 6.45) is 0.474. The number of methoxy groups -OCH3 is 1. The molecule has 110 valence electrons. The van der Waals surface area contributed by atoms with Crippen LogP contribution in [0.25, 0.3) is 0 Å². The van der Waals surface area contributed by atoms with Gasteiger partial charge in [0.1, 0.15) is 18.3 Å². The van der Waals surface area contributed by atoms with Gasteiger partial charge in [-0.2, -0.15) is 0 Å². The molecule has 0 radical (unpaired) electrons. The zero-order valence-corrected chi connectivity index (χ0v) is 11.9. The molecule has 2 atom stereocenters. The average Bonchev–Trinajstić information content (AvgIpc) is 2.87. The van der Waals surface area contributed by atoms with Gasteiger partial charge in [0.25, 0.3) is 0 Å². The van der Waals surface area contributed by atoms with Crippen molar-refractivity contribution < 1.29 is 19.4 Å². The van der Waals surface area contributed by atoms with E-state index < -0.39 is 5.60 Å². The van der Waals surface area contributed by atoms with Crippen LogP contribution >= 0.6 is 0 Å². The van der Waals surface area contributed by atoms with Crippen molar-refractivity contribution in [3.63, 3.8) is 0 Å². The molecule has 20 heavy (non-hydrogen) atoms. The van der Waals surface area contributed by atoms with Gasteiger partial charge in [-0.1, -0.05) is 18.2 Å². The van der Waals surface area contributed by atoms with Crippen LogP contribution in [0.1, 0.15) is 24.8 Å². The number of amides is 1. The van der Waals surface area contributed by atoms with Crippen LogP contribution in [0.2, 0.25) is 0 Å². The number of hydrogen-bond donors (Lipinski definition) is 2. The first-order valence-corrected chi connectivity index (χ1v) is 6.74. The van der Waals surface area contributed by atoms with Gasteiger partial charge in [-0.3, -0.25) is 4.79 Å². The van der Waals surface area contributed by atoms with Crippen molar-refractivity contribution in [1.29, 1.82) is 0 Å². The predicted molar refractivity (Wildman–Crippen MR) is 74.8 cm³/mol. The maximum Gasteiger partial charge on any atom is 0.231 e. The van der Waals surface area contributed by atoms with Crippen molar-refractivity contribution >= 4 is 5.91 Å². The van der Waals surface area contributed by atoms with E-state index in [1.54, 1.807) is 14.0 Å². The second kappa shape index (κ2) is 6.24.